The highest BCUT2D eigenvalue weighted by atomic mass is 31.3. The third kappa shape index (κ3) is 5.61. The molecule has 1 saturated heterocycles. The van der Waals surface area contributed by atoms with Gasteiger partial charge in [0.2, 0.25) is 0 Å². The zero-order valence-corrected chi connectivity index (χ0v) is 20.8. The van der Waals surface area contributed by atoms with E-state index >= 15 is 0 Å². The second kappa shape index (κ2) is 11.9. The minimum absolute atomic E-state index is 0.0545. The SMILES string of the molecule is CCOP(=O)(OCC)C(CC1CO1)(P(=O)(OCC)OCC)P(=O)(OCC)OCC. The number of hydrogen-bond donors (Lipinski definition) is 0. The van der Waals surface area contributed by atoms with Crippen LogP contribution in [0.1, 0.15) is 48.0 Å². The van der Waals surface area contributed by atoms with E-state index in [9.17, 15) is 13.7 Å². The molecule has 10 nitrogen and oxygen atoms in total. The van der Waals surface area contributed by atoms with Crippen LogP contribution in [0.4, 0.5) is 0 Å². The van der Waals surface area contributed by atoms with Crippen molar-refractivity contribution < 1.29 is 45.6 Å². The fourth-order valence-electron chi connectivity index (χ4n) is 3.03. The molecule has 0 amide bonds. The first kappa shape index (κ1) is 27.4. The van der Waals surface area contributed by atoms with E-state index in [1.807, 2.05) is 0 Å². The van der Waals surface area contributed by atoms with Gasteiger partial charge in [-0.15, -0.1) is 0 Å². The Morgan fingerprint density at radius 1 is 0.655 bits per heavy atom. The topological polar surface area (TPSA) is 119 Å². The maximum absolute atomic E-state index is 14.2. The molecule has 1 heterocycles. The molecule has 0 aromatic heterocycles. The van der Waals surface area contributed by atoms with Crippen molar-refractivity contribution in [3.05, 3.63) is 0 Å². The van der Waals surface area contributed by atoms with Gasteiger partial charge in [-0.25, -0.2) is 0 Å². The van der Waals surface area contributed by atoms with Crippen molar-refractivity contribution >= 4 is 22.8 Å². The lowest BCUT2D eigenvalue weighted by Gasteiger charge is -2.44. The van der Waals surface area contributed by atoms with Crippen molar-refractivity contribution in [1.82, 2.24) is 0 Å². The molecule has 1 aliphatic rings. The highest BCUT2D eigenvalue weighted by Gasteiger charge is 2.78. The van der Waals surface area contributed by atoms with Crippen LogP contribution in [0, 0.1) is 0 Å². The Bertz CT molecular complexity index is 532. The summed E-state index contributed by atoms with van der Waals surface area (Å²) in [6.45, 7) is 9.57. The predicted molar refractivity (Wildman–Crippen MR) is 110 cm³/mol. The molecule has 0 aromatic carbocycles. The summed E-state index contributed by atoms with van der Waals surface area (Å²) >= 11 is 0. The van der Waals surface area contributed by atoms with Crippen molar-refractivity contribution in [3.63, 3.8) is 0 Å². The molecule has 1 fully saturated rings. The first-order valence-electron chi connectivity index (χ1n) is 9.98. The quantitative estimate of drug-likeness (QED) is 0.202. The third-order valence-electron chi connectivity index (χ3n) is 4.01. The van der Waals surface area contributed by atoms with Crippen LogP contribution in [0.25, 0.3) is 0 Å². The average Bonchev–Trinajstić information content (AvgIpc) is 3.44. The lowest BCUT2D eigenvalue weighted by molar-refractivity contribution is 0.162. The Balaban J connectivity index is 3.96. The van der Waals surface area contributed by atoms with Gasteiger partial charge in [0.15, 0.2) is 0 Å². The van der Waals surface area contributed by atoms with Gasteiger partial charge in [0.1, 0.15) is 0 Å². The molecule has 1 unspecified atom stereocenters. The van der Waals surface area contributed by atoms with Crippen LogP contribution in [-0.2, 0) is 45.6 Å². The fraction of sp³-hybridized carbons (Fsp3) is 1.00. The second-order valence-electron chi connectivity index (χ2n) is 5.93. The first-order valence-corrected chi connectivity index (χ1v) is 14.6. The maximum atomic E-state index is 14.2. The van der Waals surface area contributed by atoms with E-state index in [2.05, 4.69) is 0 Å². The minimum atomic E-state index is -4.44. The molecule has 0 radical (unpaired) electrons. The first-order chi connectivity index (χ1) is 13.7. The summed E-state index contributed by atoms with van der Waals surface area (Å²) in [5.41, 5.74) is 0. The van der Waals surface area contributed by atoms with Crippen LogP contribution in [-0.4, -0.2) is 57.0 Å². The number of epoxide rings is 1. The van der Waals surface area contributed by atoms with Gasteiger partial charge in [0.05, 0.1) is 52.4 Å². The normalized spacial score (nSPS) is 18.2. The summed E-state index contributed by atoms with van der Waals surface area (Å²) in [5.74, 6) is 0. The summed E-state index contributed by atoms with van der Waals surface area (Å²) in [7, 11) is -13.3. The van der Waals surface area contributed by atoms with Gasteiger partial charge in [0.25, 0.3) is 4.64 Å². The zero-order chi connectivity index (χ0) is 22.2. The summed E-state index contributed by atoms with van der Waals surface area (Å²) in [6.07, 6.45) is -0.744. The summed E-state index contributed by atoms with van der Waals surface area (Å²) in [4.78, 5) is 0. The molecular weight excluding hydrogens is 445 g/mol. The Morgan fingerprint density at radius 2 is 0.897 bits per heavy atom. The van der Waals surface area contributed by atoms with Crippen molar-refractivity contribution in [2.75, 3.05) is 46.2 Å². The van der Waals surface area contributed by atoms with E-state index < -0.39 is 33.5 Å². The smallest absolute Gasteiger partial charge is 0.361 e. The van der Waals surface area contributed by atoms with Crippen LogP contribution >= 0.6 is 22.8 Å². The molecule has 1 aliphatic heterocycles. The molecule has 13 heteroatoms. The van der Waals surface area contributed by atoms with Gasteiger partial charge < -0.3 is 31.9 Å². The molecule has 0 aromatic rings. The third-order valence-corrected chi connectivity index (χ3v) is 15.2. The minimum Gasteiger partial charge on any atom is -0.373 e. The van der Waals surface area contributed by atoms with E-state index in [1.165, 1.54) is 0 Å². The molecule has 1 atom stereocenters. The van der Waals surface area contributed by atoms with E-state index in [1.54, 1.807) is 41.5 Å². The van der Waals surface area contributed by atoms with Gasteiger partial charge in [-0.1, -0.05) is 0 Å². The van der Waals surface area contributed by atoms with E-state index in [4.69, 9.17) is 31.9 Å². The van der Waals surface area contributed by atoms with Gasteiger partial charge in [-0.2, -0.15) is 0 Å². The Labute approximate surface area is 173 Å². The molecule has 0 aliphatic carbocycles. The largest absolute Gasteiger partial charge is 0.373 e. The Morgan fingerprint density at radius 3 is 1.07 bits per heavy atom. The monoisotopic (exact) mass is 480 g/mol. The van der Waals surface area contributed by atoms with Crippen LogP contribution in [0.5, 0.6) is 0 Å². The van der Waals surface area contributed by atoms with Gasteiger partial charge in [-0.3, -0.25) is 13.7 Å². The fourth-order valence-corrected chi connectivity index (χ4v) is 13.5. The molecule has 29 heavy (non-hydrogen) atoms. The van der Waals surface area contributed by atoms with Crippen LogP contribution in [0.15, 0.2) is 0 Å². The molecule has 174 valence electrons. The number of rotatable bonds is 17. The summed E-state index contributed by atoms with van der Waals surface area (Å²) in [5, 5.41) is 0. The second-order valence-corrected chi connectivity index (χ2v) is 13.8. The van der Waals surface area contributed by atoms with Gasteiger partial charge >= 0.3 is 22.8 Å². The summed E-state index contributed by atoms with van der Waals surface area (Å²) < 4.78 is 79.0. The lowest BCUT2D eigenvalue weighted by Crippen LogP contribution is -2.36. The number of hydrogen-bond acceptors (Lipinski definition) is 10. The molecular formula is C16H35O10P3. The van der Waals surface area contributed by atoms with Crippen LogP contribution in [0.3, 0.4) is 0 Å². The predicted octanol–water partition coefficient (Wildman–Crippen LogP) is 5.23. The highest BCUT2D eigenvalue weighted by Crippen LogP contribution is 2.92. The van der Waals surface area contributed by atoms with Crippen molar-refractivity contribution in [3.8, 4) is 0 Å². The number of ether oxygens (including phenoxy) is 1. The van der Waals surface area contributed by atoms with E-state index in [0.717, 1.165) is 0 Å². The maximum Gasteiger partial charge on any atom is 0.361 e. The Kier molecular flexibility index (Phi) is 11.2. The van der Waals surface area contributed by atoms with Crippen LogP contribution < -0.4 is 0 Å². The lowest BCUT2D eigenvalue weighted by atomic mass is 10.4. The van der Waals surface area contributed by atoms with E-state index in [0.29, 0.717) is 6.61 Å². The van der Waals surface area contributed by atoms with Crippen molar-refractivity contribution in [1.29, 1.82) is 0 Å². The average molecular weight is 480 g/mol. The van der Waals surface area contributed by atoms with Crippen LogP contribution in [0.2, 0.25) is 0 Å². The molecule has 0 N–H and O–H groups in total. The Hall–Kier alpha value is 0.410. The molecule has 0 spiro atoms. The van der Waals surface area contributed by atoms with Gasteiger partial charge in [-0.05, 0) is 41.5 Å². The standard InChI is InChI=1S/C16H35O10P3/c1-7-21-27(17,22-8-2)16(13-15-14-20-15,28(18,23-9-3)24-10-4)29(19,25-11-5)26-12-6/h15H,7-14H2,1-6H3. The summed E-state index contributed by atoms with van der Waals surface area (Å²) in [6, 6.07) is 0. The van der Waals surface area contributed by atoms with E-state index in [-0.39, 0.29) is 46.1 Å². The molecule has 0 saturated carbocycles. The van der Waals surface area contributed by atoms with Crippen molar-refractivity contribution in [2.24, 2.45) is 0 Å². The zero-order valence-electron chi connectivity index (χ0n) is 18.2. The molecule has 1 rings (SSSR count). The molecule has 0 bridgehead atoms. The van der Waals surface area contributed by atoms with Gasteiger partial charge in [0, 0.05) is 6.42 Å². The van der Waals surface area contributed by atoms with Crippen molar-refractivity contribution in [2.45, 2.75) is 58.7 Å². The highest BCUT2D eigenvalue weighted by molar-refractivity contribution is 7.90.